The van der Waals surface area contributed by atoms with E-state index in [1.165, 1.54) is 5.39 Å². The first kappa shape index (κ1) is 36.1. The van der Waals surface area contributed by atoms with Gasteiger partial charge in [0.1, 0.15) is 5.84 Å². The highest BCUT2D eigenvalue weighted by molar-refractivity contribution is 6.12. The average molecular weight is 749 g/mol. The smallest absolute Gasteiger partial charge is 0.164 e. The molecule has 9 rings (SSSR count). The van der Waals surface area contributed by atoms with E-state index in [0.717, 1.165) is 73.9 Å². The summed E-state index contributed by atoms with van der Waals surface area (Å²) in [5.41, 5.74) is 16.9. The Balaban J connectivity index is 0.963. The SMILES string of the molecule is NC(=NC(=NCc1ccccc1)C1=CCCC=C1)c1ccc(-c2ccc3ccc(-c4ccc(-c5nc(-c6ccccc6)nc(-c6ccccc6)n5)cc4)cc3c2)cc1. The van der Waals surface area contributed by atoms with Crippen LogP contribution in [0.3, 0.4) is 0 Å². The number of amidine groups is 2. The van der Waals surface area contributed by atoms with Crippen LogP contribution in [0.4, 0.5) is 0 Å². The first-order valence-corrected chi connectivity index (χ1v) is 19.5. The Morgan fingerprint density at radius 3 is 1.50 bits per heavy atom. The number of benzene rings is 7. The fraction of sp³-hybridized carbons (Fsp3) is 0.0577. The first-order valence-electron chi connectivity index (χ1n) is 19.5. The predicted molar refractivity (Wildman–Crippen MR) is 239 cm³/mol. The third-order valence-electron chi connectivity index (χ3n) is 10.3. The maximum absolute atomic E-state index is 6.62. The summed E-state index contributed by atoms with van der Waals surface area (Å²) in [7, 11) is 0. The van der Waals surface area contributed by atoms with Crippen LogP contribution >= 0.6 is 0 Å². The molecule has 0 saturated heterocycles. The number of aromatic nitrogens is 3. The lowest BCUT2D eigenvalue weighted by atomic mass is 9.96. The summed E-state index contributed by atoms with van der Waals surface area (Å²) >= 11 is 0. The van der Waals surface area contributed by atoms with Crippen LogP contribution in [-0.4, -0.2) is 26.6 Å². The zero-order valence-corrected chi connectivity index (χ0v) is 31.9. The van der Waals surface area contributed by atoms with Gasteiger partial charge in [0.25, 0.3) is 0 Å². The van der Waals surface area contributed by atoms with Gasteiger partial charge >= 0.3 is 0 Å². The molecule has 1 aromatic heterocycles. The molecule has 0 atom stereocenters. The minimum Gasteiger partial charge on any atom is -0.383 e. The Hall–Kier alpha value is -7.57. The van der Waals surface area contributed by atoms with E-state index >= 15 is 0 Å². The van der Waals surface area contributed by atoms with Gasteiger partial charge in [-0.05, 0) is 63.6 Å². The molecule has 0 amide bonds. The fourth-order valence-electron chi connectivity index (χ4n) is 7.09. The summed E-state index contributed by atoms with van der Waals surface area (Å²) in [6.45, 7) is 0.540. The molecule has 0 bridgehead atoms. The second kappa shape index (κ2) is 16.7. The molecule has 6 nitrogen and oxygen atoms in total. The van der Waals surface area contributed by atoms with Gasteiger partial charge in [-0.3, -0.25) is 4.99 Å². The normalized spacial score (nSPS) is 13.1. The molecule has 0 radical (unpaired) electrons. The van der Waals surface area contributed by atoms with Crippen LogP contribution in [0, 0.1) is 0 Å². The molecule has 8 aromatic rings. The van der Waals surface area contributed by atoms with Gasteiger partial charge < -0.3 is 5.73 Å². The van der Waals surface area contributed by atoms with Crippen molar-refractivity contribution in [3.05, 3.63) is 211 Å². The van der Waals surface area contributed by atoms with Gasteiger partial charge in [0.05, 0.1) is 6.54 Å². The molecule has 2 N–H and O–H groups in total. The first-order chi connectivity index (χ1) is 28.6. The van der Waals surface area contributed by atoms with E-state index < -0.39 is 0 Å². The highest BCUT2D eigenvalue weighted by atomic mass is 15.0. The molecule has 278 valence electrons. The topological polar surface area (TPSA) is 89.4 Å². The Labute approximate surface area is 338 Å². The highest BCUT2D eigenvalue weighted by Gasteiger charge is 2.13. The summed E-state index contributed by atoms with van der Waals surface area (Å²) in [6.07, 6.45) is 8.43. The van der Waals surface area contributed by atoms with E-state index in [0.29, 0.717) is 35.7 Å². The van der Waals surface area contributed by atoms with Gasteiger partial charge in [-0.15, -0.1) is 0 Å². The van der Waals surface area contributed by atoms with E-state index in [2.05, 4.69) is 103 Å². The lowest BCUT2D eigenvalue weighted by Crippen LogP contribution is -2.17. The second-order valence-electron chi connectivity index (χ2n) is 14.2. The minimum atomic E-state index is 0.441. The summed E-state index contributed by atoms with van der Waals surface area (Å²) in [6, 6.07) is 60.2. The van der Waals surface area contributed by atoms with E-state index in [4.69, 9.17) is 30.7 Å². The molecule has 1 aliphatic rings. The fourth-order valence-corrected chi connectivity index (χ4v) is 7.09. The van der Waals surface area contributed by atoms with Crippen molar-refractivity contribution in [3.8, 4) is 56.4 Å². The number of fused-ring (bicyclic) bond motifs is 1. The van der Waals surface area contributed by atoms with E-state index in [1.54, 1.807) is 0 Å². The van der Waals surface area contributed by atoms with E-state index in [9.17, 15) is 0 Å². The number of hydrogen-bond acceptors (Lipinski definition) is 4. The van der Waals surface area contributed by atoms with Crippen LogP contribution in [-0.2, 0) is 6.54 Å². The number of allylic oxidation sites excluding steroid dienone is 2. The van der Waals surface area contributed by atoms with Crippen molar-refractivity contribution >= 4 is 22.4 Å². The van der Waals surface area contributed by atoms with Gasteiger partial charge in [-0.2, -0.15) is 0 Å². The summed E-state index contributed by atoms with van der Waals surface area (Å²) in [4.78, 5) is 24.3. The molecule has 7 aromatic carbocycles. The molecule has 0 aliphatic heterocycles. The number of rotatable bonds is 9. The number of hydrogen-bond donors (Lipinski definition) is 1. The van der Waals surface area contributed by atoms with Gasteiger partial charge in [0.15, 0.2) is 23.3 Å². The molecule has 6 heteroatoms. The number of nitrogens with two attached hydrogens (primary N) is 1. The van der Waals surface area contributed by atoms with Gasteiger partial charge in [-0.1, -0.05) is 182 Å². The third-order valence-corrected chi connectivity index (χ3v) is 10.3. The van der Waals surface area contributed by atoms with Crippen LogP contribution in [0.2, 0.25) is 0 Å². The van der Waals surface area contributed by atoms with Crippen molar-refractivity contribution < 1.29 is 0 Å². The van der Waals surface area contributed by atoms with E-state index in [1.807, 2.05) is 91.0 Å². The van der Waals surface area contributed by atoms with Crippen molar-refractivity contribution in [2.75, 3.05) is 0 Å². The lowest BCUT2D eigenvalue weighted by molar-refractivity contribution is 1.02. The number of aliphatic imine (C=N–C) groups is 2. The molecule has 1 aliphatic carbocycles. The summed E-state index contributed by atoms with van der Waals surface area (Å²) in [5, 5.41) is 2.34. The largest absolute Gasteiger partial charge is 0.383 e. The monoisotopic (exact) mass is 748 g/mol. The van der Waals surface area contributed by atoms with Crippen molar-refractivity contribution in [3.63, 3.8) is 0 Å². The minimum absolute atomic E-state index is 0.441. The van der Waals surface area contributed by atoms with E-state index in [-0.39, 0.29) is 0 Å². The maximum Gasteiger partial charge on any atom is 0.164 e. The predicted octanol–water partition coefficient (Wildman–Crippen LogP) is 11.9. The Morgan fingerprint density at radius 1 is 0.483 bits per heavy atom. The Kier molecular flexibility index (Phi) is 10.4. The van der Waals surface area contributed by atoms with Crippen LogP contribution in [0.25, 0.3) is 67.2 Å². The second-order valence-corrected chi connectivity index (χ2v) is 14.2. The van der Waals surface area contributed by atoms with Crippen molar-refractivity contribution in [2.24, 2.45) is 15.7 Å². The van der Waals surface area contributed by atoms with Crippen molar-refractivity contribution in [1.82, 2.24) is 15.0 Å². The Bertz CT molecular complexity index is 2770. The summed E-state index contributed by atoms with van der Waals surface area (Å²) in [5.74, 6) is 3.02. The summed E-state index contributed by atoms with van der Waals surface area (Å²) < 4.78 is 0. The van der Waals surface area contributed by atoms with Crippen molar-refractivity contribution in [1.29, 1.82) is 0 Å². The molecule has 1 heterocycles. The quantitative estimate of drug-likeness (QED) is 0.118. The molecule has 58 heavy (non-hydrogen) atoms. The molecular weight excluding hydrogens is 709 g/mol. The van der Waals surface area contributed by atoms with Crippen LogP contribution in [0.5, 0.6) is 0 Å². The third kappa shape index (κ3) is 8.18. The van der Waals surface area contributed by atoms with Gasteiger partial charge in [0, 0.05) is 27.8 Å². The van der Waals surface area contributed by atoms with Crippen molar-refractivity contribution in [2.45, 2.75) is 19.4 Å². The maximum atomic E-state index is 6.62. The van der Waals surface area contributed by atoms with Crippen LogP contribution in [0.15, 0.2) is 210 Å². The molecular formula is C52H40N6. The van der Waals surface area contributed by atoms with Crippen LogP contribution in [0.1, 0.15) is 24.0 Å². The Morgan fingerprint density at radius 2 is 0.966 bits per heavy atom. The number of nitrogens with zero attached hydrogens (tertiary/aromatic N) is 5. The molecule has 0 spiro atoms. The molecule has 0 saturated carbocycles. The average Bonchev–Trinajstić information content (AvgIpc) is 3.31. The van der Waals surface area contributed by atoms with Gasteiger partial charge in [-0.25, -0.2) is 19.9 Å². The molecule has 0 fully saturated rings. The standard InChI is InChI=1S/C52H40N6/c53-48(55-49(41-15-7-2-8-16-41)54-35-36-13-5-1-6-14-36)40-27-21-37(22-28-40)45-31-25-39-26-32-46(34-47(39)33-45)38-23-29-44(30-24-38)52-57-50(42-17-9-3-10-18-42)56-51(58-52)43-19-11-4-12-20-43/h1,3-7,9-34H,2,8,35H2,(H2,53,54,55). The zero-order chi connectivity index (χ0) is 39.1. The highest BCUT2D eigenvalue weighted by Crippen LogP contribution is 2.31. The van der Waals surface area contributed by atoms with Gasteiger partial charge in [0.2, 0.25) is 0 Å². The van der Waals surface area contributed by atoms with Crippen LogP contribution < -0.4 is 5.73 Å². The zero-order valence-electron chi connectivity index (χ0n) is 31.9. The molecule has 0 unspecified atom stereocenters. The lowest BCUT2D eigenvalue weighted by Gasteiger charge is -2.10.